The fourth-order valence-electron chi connectivity index (χ4n) is 2.13. The molecule has 0 fully saturated rings. The maximum Gasteiger partial charge on any atom is 0.314 e. The molecule has 1 N–H and O–H groups in total. The Bertz CT molecular complexity index is 410. The number of aryl methyl sites for hydroxylation is 1. The highest BCUT2D eigenvalue weighted by molar-refractivity contribution is 5.82. The lowest BCUT2D eigenvalue weighted by atomic mass is 9.78. The van der Waals surface area contributed by atoms with Crippen LogP contribution in [0, 0.1) is 6.92 Å². The van der Waals surface area contributed by atoms with Crippen molar-refractivity contribution < 1.29 is 9.90 Å². The van der Waals surface area contributed by atoms with Gasteiger partial charge in [0.15, 0.2) is 0 Å². The van der Waals surface area contributed by atoms with Gasteiger partial charge in [-0.05, 0) is 25.3 Å². The van der Waals surface area contributed by atoms with Gasteiger partial charge < -0.3 is 5.11 Å². The van der Waals surface area contributed by atoms with E-state index in [0.717, 1.165) is 11.1 Å². The van der Waals surface area contributed by atoms with Crippen molar-refractivity contribution in [2.24, 2.45) is 0 Å². The van der Waals surface area contributed by atoms with E-state index in [2.05, 4.69) is 0 Å². The Balaban J connectivity index is 2.46. The van der Waals surface area contributed by atoms with E-state index in [1.54, 1.807) is 0 Å². The highest BCUT2D eigenvalue weighted by Crippen LogP contribution is 2.37. The number of benzene rings is 1. The van der Waals surface area contributed by atoms with Crippen LogP contribution in [0.4, 0.5) is 0 Å². The van der Waals surface area contributed by atoms with Crippen molar-refractivity contribution in [3.63, 3.8) is 0 Å². The first-order chi connectivity index (χ1) is 7.15. The minimum Gasteiger partial charge on any atom is -0.481 e. The first kappa shape index (κ1) is 9.97. The molecule has 0 aromatic heterocycles. The number of hydrogen-bond donors (Lipinski definition) is 1. The Hall–Kier alpha value is -1.57. The third kappa shape index (κ3) is 1.56. The molecule has 0 heterocycles. The van der Waals surface area contributed by atoms with E-state index in [0.29, 0.717) is 12.8 Å². The average Bonchev–Trinajstić information content (AvgIpc) is 2.67. The molecule has 1 aromatic rings. The Kier molecular flexibility index (Phi) is 2.35. The van der Waals surface area contributed by atoms with E-state index in [-0.39, 0.29) is 0 Å². The average molecular weight is 202 g/mol. The first-order valence-electron chi connectivity index (χ1n) is 5.11. The van der Waals surface area contributed by atoms with Crippen molar-refractivity contribution in [3.05, 3.63) is 47.5 Å². The fraction of sp³-hybridized carbons (Fsp3) is 0.308. The Morgan fingerprint density at radius 2 is 2.00 bits per heavy atom. The van der Waals surface area contributed by atoms with Gasteiger partial charge in [-0.2, -0.15) is 0 Å². The van der Waals surface area contributed by atoms with Gasteiger partial charge in [0, 0.05) is 0 Å². The SMILES string of the molecule is Cc1cccc(C2(C(=O)O)CC=CC2)c1. The van der Waals surface area contributed by atoms with Crippen LogP contribution in [0.25, 0.3) is 0 Å². The van der Waals surface area contributed by atoms with Gasteiger partial charge in [0.25, 0.3) is 0 Å². The molecule has 0 saturated carbocycles. The number of carboxylic acid groups (broad SMARTS) is 1. The number of carbonyl (C=O) groups is 1. The smallest absolute Gasteiger partial charge is 0.314 e. The molecule has 0 amide bonds. The summed E-state index contributed by atoms with van der Waals surface area (Å²) >= 11 is 0. The van der Waals surface area contributed by atoms with Crippen LogP contribution >= 0.6 is 0 Å². The standard InChI is InChI=1S/C13H14O2/c1-10-5-4-6-11(9-10)13(12(14)15)7-2-3-8-13/h2-6,9H,7-8H2,1H3,(H,14,15). The van der Waals surface area contributed by atoms with Crippen LogP contribution in [0.3, 0.4) is 0 Å². The molecule has 2 rings (SSSR count). The van der Waals surface area contributed by atoms with Gasteiger partial charge in [0.2, 0.25) is 0 Å². The summed E-state index contributed by atoms with van der Waals surface area (Å²) in [4.78, 5) is 11.4. The third-order valence-electron chi connectivity index (χ3n) is 3.08. The van der Waals surface area contributed by atoms with E-state index < -0.39 is 11.4 Å². The van der Waals surface area contributed by atoms with Crippen LogP contribution in [0.2, 0.25) is 0 Å². The lowest BCUT2D eigenvalue weighted by Crippen LogP contribution is -2.32. The van der Waals surface area contributed by atoms with Gasteiger partial charge in [0.05, 0.1) is 5.41 Å². The van der Waals surface area contributed by atoms with Crippen molar-refractivity contribution >= 4 is 5.97 Å². The van der Waals surface area contributed by atoms with Crippen molar-refractivity contribution in [2.45, 2.75) is 25.2 Å². The second-order valence-electron chi connectivity index (χ2n) is 4.14. The first-order valence-corrected chi connectivity index (χ1v) is 5.11. The molecule has 15 heavy (non-hydrogen) atoms. The molecule has 1 aliphatic rings. The van der Waals surface area contributed by atoms with E-state index in [4.69, 9.17) is 0 Å². The second-order valence-corrected chi connectivity index (χ2v) is 4.14. The minimum atomic E-state index is -0.724. The van der Waals surface area contributed by atoms with Gasteiger partial charge in [0.1, 0.15) is 0 Å². The van der Waals surface area contributed by atoms with Crippen LogP contribution in [-0.2, 0) is 10.2 Å². The zero-order valence-electron chi connectivity index (χ0n) is 8.73. The summed E-state index contributed by atoms with van der Waals surface area (Å²) in [5, 5.41) is 9.37. The zero-order valence-corrected chi connectivity index (χ0v) is 8.73. The molecule has 0 radical (unpaired) electrons. The highest BCUT2D eigenvalue weighted by atomic mass is 16.4. The summed E-state index contributed by atoms with van der Waals surface area (Å²) in [6, 6.07) is 7.80. The second kappa shape index (κ2) is 3.54. The van der Waals surface area contributed by atoms with E-state index >= 15 is 0 Å². The van der Waals surface area contributed by atoms with Gasteiger partial charge in [-0.25, -0.2) is 0 Å². The molecule has 1 aromatic carbocycles. The number of allylic oxidation sites excluding steroid dienone is 2. The van der Waals surface area contributed by atoms with Gasteiger partial charge in [-0.15, -0.1) is 0 Å². The monoisotopic (exact) mass is 202 g/mol. The Labute approximate surface area is 89.2 Å². The van der Waals surface area contributed by atoms with Gasteiger partial charge >= 0.3 is 5.97 Å². The maximum atomic E-state index is 11.4. The molecule has 0 bridgehead atoms. The topological polar surface area (TPSA) is 37.3 Å². The molecule has 0 unspecified atom stereocenters. The van der Waals surface area contributed by atoms with Crippen LogP contribution in [0.1, 0.15) is 24.0 Å². The summed E-state index contributed by atoms with van der Waals surface area (Å²) in [6.07, 6.45) is 5.12. The van der Waals surface area contributed by atoms with Crippen molar-refractivity contribution in [3.8, 4) is 0 Å². The summed E-state index contributed by atoms with van der Waals surface area (Å²) in [6.45, 7) is 1.99. The minimum absolute atomic E-state index is 0.603. The molecular weight excluding hydrogens is 188 g/mol. The molecule has 0 aliphatic heterocycles. The molecule has 2 nitrogen and oxygen atoms in total. The van der Waals surface area contributed by atoms with Gasteiger partial charge in [-0.3, -0.25) is 4.79 Å². The molecule has 0 saturated heterocycles. The number of carboxylic acids is 1. The zero-order chi connectivity index (χ0) is 10.9. The Morgan fingerprint density at radius 3 is 2.53 bits per heavy atom. The van der Waals surface area contributed by atoms with Crippen molar-refractivity contribution in [2.75, 3.05) is 0 Å². The van der Waals surface area contributed by atoms with Crippen LogP contribution in [-0.4, -0.2) is 11.1 Å². The largest absolute Gasteiger partial charge is 0.481 e. The highest BCUT2D eigenvalue weighted by Gasteiger charge is 2.40. The van der Waals surface area contributed by atoms with E-state index in [1.807, 2.05) is 43.3 Å². The third-order valence-corrected chi connectivity index (χ3v) is 3.08. The lowest BCUT2D eigenvalue weighted by molar-refractivity contribution is -0.143. The number of rotatable bonds is 2. The predicted molar refractivity (Wildman–Crippen MR) is 58.9 cm³/mol. The maximum absolute atomic E-state index is 11.4. The molecule has 78 valence electrons. The van der Waals surface area contributed by atoms with Crippen LogP contribution in [0.15, 0.2) is 36.4 Å². The molecule has 0 atom stereocenters. The fourth-order valence-corrected chi connectivity index (χ4v) is 2.13. The lowest BCUT2D eigenvalue weighted by Gasteiger charge is -2.24. The summed E-state index contributed by atoms with van der Waals surface area (Å²) in [5.74, 6) is -0.724. The number of hydrogen-bond acceptors (Lipinski definition) is 1. The van der Waals surface area contributed by atoms with Gasteiger partial charge in [-0.1, -0.05) is 42.0 Å². The van der Waals surface area contributed by atoms with Crippen LogP contribution < -0.4 is 0 Å². The van der Waals surface area contributed by atoms with E-state index in [1.165, 1.54) is 0 Å². The summed E-state index contributed by atoms with van der Waals surface area (Å²) in [7, 11) is 0. The normalized spacial score (nSPS) is 17.9. The van der Waals surface area contributed by atoms with Crippen LogP contribution in [0.5, 0.6) is 0 Å². The molecule has 1 aliphatic carbocycles. The van der Waals surface area contributed by atoms with Crippen molar-refractivity contribution in [1.82, 2.24) is 0 Å². The predicted octanol–water partition coefficient (Wildman–Crippen LogP) is 2.67. The Morgan fingerprint density at radius 1 is 1.33 bits per heavy atom. The van der Waals surface area contributed by atoms with E-state index in [9.17, 15) is 9.90 Å². The van der Waals surface area contributed by atoms with Crippen molar-refractivity contribution in [1.29, 1.82) is 0 Å². The molecule has 0 spiro atoms. The quantitative estimate of drug-likeness (QED) is 0.748. The summed E-state index contributed by atoms with van der Waals surface area (Å²) < 4.78 is 0. The summed E-state index contributed by atoms with van der Waals surface area (Å²) in [5.41, 5.74) is 1.31. The number of aliphatic carboxylic acids is 1. The molecule has 2 heteroatoms. The molecular formula is C13H14O2.